The minimum atomic E-state index is 0.297. The Morgan fingerprint density at radius 1 is 0.839 bits per heavy atom. The molecule has 156 valence electrons. The van der Waals surface area contributed by atoms with Gasteiger partial charge in [0.1, 0.15) is 11.7 Å². The molecule has 0 saturated carbocycles. The minimum absolute atomic E-state index is 0.297. The van der Waals surface area contributed by atoms with E-state index in [9.17, 15) is 0 Å². The molecular formula is C27H28N4. The molecular weight excluding hydrogens is 380 g/mol. The number of aliphatic imine (C=N–C) groups is 1. The highest BCUT2D eigenvalue weighted by molar-refractivity contribution is 5.89. The summed E-state index contributed by atoms with van der Waals surface area (Å²) in [6.07, 6.45) is 3.13. The molecule has 3 aliphatic carbocycles. The van der Waals surface area contributed by atoms with Crippen molar-refractivity contribution in [2.45, 2.75) is 65.0 Å². The number of aromatic amines is 1. The van der Waals surface area contributed by atoms with Gasteiger partial charge in [0.2, 0.25) is 0 Å². The van der Waals surface area contributed by atoms with Crippen molar-refractivity contribution in [2.24, 2.45) is 10.9 Å². The van der Waals surface area contributed by atoms with E-state index in [1.807, 2.05) is 0 Å². The number of fused-ring (bicyclic) bond motifs is 11. The zero-order valence-electron chi connectivity index (χ0n) is 18.6. The highest BCUT2D eigenvalue weighted by Crippen LogP contribution is 2.50. The third-order valence-electron chi connectivity index (χ3n) is 7.78. The van der Waals surface area contributed by atoms with Gasteiger partial charge in [-0.3, -0.25) is 4.99 Å². The summed E-state index contributed by atoms with van der Waals surface area (Å²) in [6, 6.07) is 10.1. The molecule has 0 spiro atoms. The van der Waals surface area contributed by atoms with Gasteiger partial charge in [0.25, 0.3) is 0 Å². The number of nitrogens with zero attached hydrogens (tertiary/aromatic N) is 2. The summed E-state index contributed by atoms with van der Waals surface area (Å²) in [5, 5.41) is 3.71. The monoisotopic (exact) mass is 408 g/mol. The molecule has 4 heteroatoms. The van der Waals surface area contributed by atoms with Gasteiger partial charge in [-0.25, -0.2) is 4.98 Å². The smallest absolute Gasteiger partial charge is 0.109 e. The lowest BCUT2D eigenvalue weighted by Crippen LogP contribution is -2.32. The Morgan fingerprint density at radius 3 is 2.32 bits per heavy atom. The maximum atomic E-state index is 5.06. The van der Waals surface area contributed by atoms with Crippen molar-refractivity contribution in [2.75, 3.05) is 0 Å². The summed E-state index contributed by atoms with van der Waals surface area (Å²) in [7, 11) is 0. The number of hydrogen-bond acceptors (Lipinski definition) is 3. The van der Waals surface area contributed by atoms with E-state index in [-0.39, 0.29) is 0 Å². The fourth-order valence-corrected chi connectivity index (χ4v) is 6.19. The fraction of sp³-hybridized carbons (Fsp3) is 0.407. The van der Waals surface area contributed by atoms with Crippen molar-refractivity contribution in [1.29, 1.82) is 0 Å². The zero-order chi connectivity index (χ0) is 21.0. The molecule has 4 aliphatic rings. The Labute approximate surface area is 183 Å². The second kappa shape index (κ2) is 5.87. The van der Waals surface area contributed by atoms with Crippen molar-refractivity contribution in [1.82, 2.24) is 15.3 Å². The molecule has 1 aliphatic heterocycles. The van der Waals surface area contributed by atoms with Gasteiger partial charge in [-0.1, -0.05) is 52.0 Å². The first-order chi connectivity index (χ1) is 15.0. The van der Waals surface area contributed by atoms with E-state index in [2.05, 4.69) is 62.3 Å². The molecule has 0 fully saturated rings. The van der Waals surface area contributed by atoms with Crippen LogP contribution in [0.1, 0.15) is 79.0 Å². The third-order valence-corrected chi connectivity index (χ3v) is 7.78. The van der Waals surface area contributed by atoms with E-state index in [0.717, 1.165) is 25.1 Å². The summed E-state index contributed by atoms with van der Waals surface area (Å²) in [4.78, 5) is 13.6. The molecule has 2 N–H and O–H groups in total. The van der Waals surface area contributed by atoms with Gasteiger partial charge in [-0.15, -0.1) is 0 Å². The van der Waals surface area contributed by atoms with Gasteiger partial charge in [-0.05, 0) is 51.8 Å². The molecule has 31 heavy (non-hydrogen) atoms. The average molecular weight is 409 g/mol. The summed E-state index contributed by atoms with van der Waals surface area (Å²) in [6.45, 7) is 8.85. The van der Waals surface area contributed by atoms with Crippen LogP contribution in [-0.4, -0.2) is 21.8 Å². The van der Waals surface area contributed by atoms with Crippen LogP contribution in [0.3, 0.4) is 0 Å². The van der Waals surface area contributed by atoms with Crippen LogP contribution in [0.15, 0.2) is 29.3 Å². The van der Waals surface area contributed by atoms with Crippen LogP contribution in [-0.2, 0) is 19.3 Å². The van der Waals surface area contributed by atoms with Crippen LogP contribution in [0.5, 0.6) is 0 Å². The van der Waals surface area contributed by atoms with Crippen LogP contribution in [0.2, 0.25) is 0 Å². The molecule has 4 nitrogen and oxygen atoms in total. The summed E-state index contributed by atoms with van der Waals surface area (Å²) >= 11 is 0. The van der Waals surface area contributed by atoms with Crippen LogP contribution in [0.4, 0.5) is 0 Å². The van der Waals surface area contributed by atoms with Gasteiger partial charge in [0.05, 0.1) is 17.8 Å². The number of benzene rings is 2. The van der Waals surface area contributed by atoms with E-state index in [1.54, 1.807) is 11.1 Å². The van der Waals surface area contributed by atoms with E-state index in [4.69, 9.17) is 9.98 Å². The number of amidine groups is 1. The van der Waals surface area contributed by atoms with Gasteiger partial charge >= 0.3 is 0 Å². The van der Waals surface area contributed by atoms with Crippen LogP contribution >= 0.6 is 0 Å². The Hall–Kier alpha value is -2.88. The normalized spacial score (nSPS) is 21.5. The predicted octanol–water partition coefficient (Wildman–Crippen LogP) is 5.30. The lowest BCUT2D eigenvalue weighted by Gasteiger charge is -2.12. The van der Waals surface area contributed by atoms with E-state index >= 15 is 0 Å². The second-order valence-corrected chi connectivity index (χ2v) is 10.3. The molecule has 2 unspecified atom stereocenters. The van der Waals surface area contributed by atoms with Crippen LogP contribution < -0.4 is 5.32 Å². The summed E-state index contributed by atoms with van der Waals surface area (Å²) < 4.78 is 0. The topological polar surface area (TPSA) is 53.1 Å². The van der Waals surface area contributed by atoms with Gasteiger partial charge < -0.3 is 10.3 Å². The zero-order valence-corrected chi connectivity index (χ0v) is 18.6. The number of rotatable bonds is 2. The fourth-order valence-electron chi connectivity index (χ4n) is 6.19. The van der Waals surface area contributed by atoms with E-state index in [0.29, 0.717) is 23.9 Å². The highest BCUT2D eigenvalue weighted by atomic mass is 15.1. The first kappa shape index (κ1) is 17.8. The number of nitrogens with one attached hydrogen (secondary N) is 2. The summed E-state index contributed by atoms with van der Waals surface area (Å²) in [5.74, 6) is 3.19. The molecule has 3 aromatic rings. The van der Waals surface area contributed by atoms with Crippen molar-refractivity contribution in [3.8, 4) is 22.4 Å². The molecule has 1 aromatic heterocycles. The number of aromatic nitrogens is 2. The largest absolute Gasteiger partial charge is 0.368 e. The standard InChI is InChI=1S/C27H28N4/c1-12(2)26-28-22-10-20-16(24(22)30-26)7-5-14-15-6-8-17-21(19(15)9-18(14)20)11-23-25(17)31-27(29-23)13(3)4/h5-8,12-13,22,24H,9-11H2,1-4H3,(H,28,30)(H,29,31). The van der Waals surface area contributed by atoms with Gasteiger partial charge in [-0.2, -0.15) is 0 Å². The molecule has 0 bridgehead atoms. The molecule has 2 atom stereocenters. The Morgan fingerprint density at radius 2 is 1.55 bits per heavy atom. The predicted molar refractivity (Wildman–Crippen MR) is 125 cm³/mol. The van der Waals surface area contributed by atoms with Crippen LogP contribution in [0.25, 0.3) is 22.4 Å². The number of H-pyrrole nitrogens is 1. The average Bonchev–Trinajstić information content (AvgIpc) is 3.49. The molecule has 2 heterocycles. The summed E-state index contributed by atoms with van der Waals surface area (Å²) in [5.41, 5.74) is 14.2. The van der Waals surface area contributed by atoms with Gasteiger partial charge in [0, 0.05) is 29.5 Å². The Kier molecular flexibility index (Phi) is 3.37. The van der Waals surface area contributed by atoms with Crippen LogP contribution in [0, 0.1) is 5.92 Å². The third kappa shape index (κ3) is 2.25. The van der Waals surface area contributed by atoms with Crippen molar-refractivity contribution >= 4 is 5.84 Å². The number of hydrogen-bond donors (Lipinski definition) is 2. The lowest BCUT2D eigenvalue weighted by molar-refractivity contribution is 0.583. The Bertz CT molecular complexity index is 1310. The molecule has 7 rings (SSSR count). The molecule has 0 amide bonds. The quantitative estimate of drug-likeness (QED) is 0.416. The van der Waals surface area contributed by atoms with E-state index < -0.39 is 0 Å². The SMILES string of the molecule is CC(C)C1=NC2c3ccc4c(c3CC2N1)Cc1c-4ccc2c1Cc1[nH]c(C(C)C)nc1-2. The first-order valence-corrected chi connectivity index (χ1v) is 11.7. The van der Waals surface area contributed by atoms with E-state index in [1.165, 1.54) is 50.6 Å². The van der Waals surface area contributed by atoms with Crippen molar-refractivity contribution < 1.29 is 0 Å². The lowest BCUT2D eigenvalue weighted by atomic mass is 9.97. The minimum Gasteiger partial charge on any atom is -0.368 e. The maximum Gasteiger partial charge on any atom is 0.109 e. The molecule has 0 radical (unpaired) electrons. The van der Waals surface area contributed by atoms with Crippen molar-refractivity contribution in [3.05, 3.63) is 63.6 Å². The highest BCUT2D eigenvalue weighted by Gasteiger charge is 2.41. The first-order valence-electron chi connectivity index (χ1n) is 11.7. The molecule has 0 saturated heterocycles. The molecule has 2 aromatic carbocycles. The van der Waals surface area contributed by atoms with Gasteiger partial charge in [0.15, 0.2) is 0 Å². The Balaban J connectivity index is 1.30. The number of imidazole rings is 1. The van der Waals surface area contributed by atoms with Crippen molar-refractivity contribution in [3.63, 3.8) is 0 Å². The maximum absolute atomic E-state index is 5.06. The second-order valence-electron chi connectivity index (χ2n) is 10.3.